The molecule has 0 bridgehead atoms. The molecule has 4 heteroatoms. The van der Waals surface area contributed by atoms with Crippen molar-refractivity contribution in [2.75, 3.05) is 6.61 Å². The van der Waals surface area contributed by atoms with Crippen LogP contribution in [0, 0.1) is 19.7 Å². The summed E-state index contributed by atoms with van der Waals surface area (Å²) in [4.78, 5) is 15.0. The van der Waals surface area contributed by atoms with Gasteiger partial charge in [0.1, 0.15) is 0 Å². The van der Waals surface area contributed by atoms with E-state index >= 15 is 0 Å². The molecule has 0 radical (unpaired) electrons. The van der Waals surface area contributed by atoms with Gasteiger partial charge in [-0.25, -0.2) is 4.39 Å². The van der Waals surface area contributed by atoms with Gasteiger partial charge < -0.3 is 9.72 Å². The quantitative estimate of drug-likeness (QED) is 0.869. The number of benzene rings is 1. The molecule has 0 spiro atoms. The van der Waals surface area contributed by atoms with E-state index in [2.05, 4.69) is 4.98 Å². The molecule has 1 aromatic heterocycles. The van der Waals surface area contributed by atoms with Crippen molar-refractivity contribution in [3.8, 4) is 5.75 Å². The van der Waals surface area contributed by atoms with Crippen molar-refractivity contribution in [2.45, 2.75) is 20.8 Å². The number of aromatic nitrogens is 1. The SMILES string of the molecule is CCOc1cc2c(=O)c(C)c(C)[nH]c2cc1F. The number of fused-ring (bicyclic) bond motifs is 1. The van der Waals surface area contributed by atoms with Gasteiger partial charge in [-0.15, -0.1) is 0 Å². The molecule has 17 heavy (non-hydrogen) atoms. The molecule has 2 aromatic rings. The van der Waals surface area contributed by atoms with Gasteiger partial charge in [0.15, 0.2) is 17.0 Å². The largest absolute Gasteiger partial charge is 0.491 e. The Labute approximate surface area is 98.2 Å². The molecule has 0 aliphatic rings. The van der Waals surface area contributed by atoms with Crippen LogP contribution in [-0.4, -0.2) is 11.6 Å². The summed E-state index contributed by atoms with van der Waals surface area (Å²) in [6.07, 6.45) is 0. The maximum atomic E-state index is 13.6. The molecule has 2 rings (SSSR count). The van der Waals surface area contributed by atoms with E-state index in [1.54, 1.807) is 20.8 Å². The third kappa shape index (κ3) is 1.90. The summed E-state index contributed by atoms with van der Waals surface area (Å²) >= 11 is 0. The molecule has 0 unspecified atom stereocenters. The van der Waals surface area contributed by atoms with E-state index in [1.165, 1.54) is 12.1 Å². The Bertz CT molecular complexity index is 631. The molecule has 0 amide bonds. The van der Waals surface area contributed by atoms with Gasteiger partial charge in [0.2, 0.25) is 0 Å². The molecule has 1 heterocycles. The first-order chi connectivity index (χ1) is 8.04. The first-order valence-corrected chi connectivity index (χ1v) is 5.50. The maximum absolute atomic E-state index is 13.6. The second-order valence-corrected chi connectivity index (χ2v) is 3.97. The first kappa shape index (κ1) is 11.6. The first-order valence-electron chi connectivity index (χ1n) is 5.50. The van der Waals surface area contributed by atoms with E-state index in [1.807, 2.05) is 0 Å². The predicted molar refractivity (Wildman–Crippen MR) is 65.2 cm³/mol. The maximum Gasteiger partial charge on any atom is 0.192 e. The van der Waals surface area contributed by atoms with Crippen LogP contribution in [0.15, 0.2) is 16.9 Å². The van der Waals surface area contributed by atoms with Crippen molar-refractivity contribution in [2.24, 2.45) is 0 Å². The number of halogens is 1. The molecule has 0 aliphatic carbocycles. The second-order valence-electron chi connectivity index (χ2n) is 3.97. The number of H-pyrrole nitrogens is 1. The van der Waals surface area contributed by atoms with Crippen molar-refractivity contribution in [3.63, 3.8) is 0 Å². The number of pyridine rings is 1. The van der Waals surface area contributed by atoms with Crippen LogP contribution in [0.1, 0.15) is 18.2 Å². The van der Waals surface area contributed by atoms with Gasteiger partial charge >= 0.3 is 0 Å². The number of hydrogen-bond acceptors (Lipinski definition) is 2. The summed E-state index contributed by atoms with van der Waals surface area (Å²) in [6.45, 7) is 5.68. The van der Waals surface area contributed by atoms with Crippen LogP contribution in [0.5, 0.6) is 5.75 Å². The Kier molecular flexibility index (Phi) is 2.88. The highest BCUT2D eigenvalue weighted by Gasteiger charge is 2.10. The third-order valence-electron chi connectivity index (χ3n) is 2.84. The summed E-state index contributed by atoms with van der Waals surface area (Å²) in [6, 6.07) is 2.76. The van der Waals surface area contributed by atoms with E-state index in [9.17, 15) is 9.18 Å². The fourth-order valence-electron chi connectivity index (χ4n) is 1.78. The standard InChI is InChI=1S/C13H14FNO2/c1-4-17-12-5-9-11(6-10(12)14)15-8(3)7(2)13(9)16/h5-6H,4H2,1-3H3,(H,15,16). The minimum absolute atomic E-state index is 0.0859. The van der Waals surface area contributed by atoms with Gasteiger partial charge in [-0.1, -0.05) is 0 Å². The summed E-state index contributed by atoms with van der Waals surface area (Å²) < 4.78 is 18.8. The van der Waals surface area contributed by atoms with Gasteiger partial charge in [-0.3, -0.25) is 4.79 Å². The second kappa shape index (κ2) is 4.20. The molecule has 1 aromatic carbocycles. The lowest BCUT2D eigenvalue weighted by Gasteiger charge is -2.08. The van der Waals surface area contributed by atoms with Crippen molar-refractivity contribution >= 4 is 10.9 Å². The molecule has 1 N–H and O–H groups in total. The van der Waals surface area contributed by atoms with E-state index in [-0.39, 0.29) is 11.2 Å². The summed E-state index contributed by atoms with van der Waals surface area (Å²) in [7, 11) is 0. The zero-order valence-electron chi connectivity index (χ0n) is 10.1. The highest BCUT2D eigenvalue weighted by molar-refractivity contribution is 5.81. The number of ether oxygens (including phenoxy) is 1. The summed E-state index contributed by atoms with van der Waals surface area (Å²) in [5, 5.41) is 0.456. The van der Waals surface area contributed by atoms with E-state index < -0.39 is 5.82 Å². The Balaban J connectivity index is 2.80. The fraction of sp³-hybridized carbons (Fsp3) is 0.308. The lowest BCUT2D eigenvalue weighted by atomic mass is 10.1. The Hall–Kier alpha value is -1.84. The van der Waals surface area contributed by atoms with E-state index in [0.717, 1.165) is 5.69 Å². The van der Waals surface area contributed by atoms with Gasteiger partial charge in [-0.2, -0.15) is 0 Å². The summed E-state index contributed by atoms with van der Waals surface area (Å²) in [5.41, 5.74) is 1.81. The van der Waals surface area contributed by atoms with Crippen LogP contribution >= 0.6 is 0 Å². The monoisotopic (exact) mass is 235 g/mol. The zero-order chi connectivity index (χ0) is 12.6. The predicted octanol–water partition coefficient (Wildman–Crippen LogP) is 2.68. The number of rotatable bonds is 2. The molecule has 0 saturated carbocycles. The van der Waals surface area contributed by atoms with E-state index in [4.69, 9.17) is 4.74 Å². The number of aryl methyl sites for hydroxylation is 1. The van der Waals surface area contributed by atoms with Crippen LogP contribution in [0.2, 0.25) is 0 Å². The van der Waals surface area contributed by atoms with Gasteiger partial charge in [0, 0.05) is 22.7 Å². The normalized spacial score (nSPS) is 10.8. The smallest absolute Gasteiger partial charge is 0.192 e. The molecule has 0 fully saturated rings. The molecular weight excluding hydrogens is 221 g/mol. The van der Waals surface area contributed by atoms with Crippen LogP contribution in [-0.2, 0) is 0 Å². The van der Waals surface area contributed by atoms with Crippen molar-refractivity contribution in [3.05, 3.63) is 39.4 Å². The average molecular weight is 235 g/mol. The van der Waals surface area contributed by atoms with Crippen LogP contribution in [0.4, 0.5) is 4.39 Å². The van der Waals surface area contributed by atoms with Crippen molar-refractivity contribution in [1.82, 2.24) is 4.98 Å². The van der Waals surface area contributed by atoms with E-state index in [0.29, 0.717) is 23.1 Å². The Morgan fingerprint density at radius 2 is 2.06 bits per heavy atom. The minimum atomic E-state index is -0.460. The molecule has 0 saturated heterocycles. The lowest BCUT2D eigenvalue weighted by Crippen LogP contribution is -2.10. The van der Waals surface area contributed by atoms with Crippen molar-refractivity contribution in [1.29, 1.82) is 0 Å². The topological polar surface area (TPSA) is 42.1 Å². The third-order valence-corrected chi connectivity index (χ3v) is 2.84. The van der Waals surface area contributed by atoms with Crippen LogP contribution < -0.4 is 10.2 Å². The molecule has 90 valence electrons. The zero-order valence-corrected chi connectivity index (χ0v) is 10.1. The molecule has 0 aliphatic heterocycles. The number of aromatic amines is 1. The number of hydrogen-bond donors (Lipinski definition) is 1. The molecule has 3 nitrogen and oxygen atoms in total. The van der Waals surface area contributed by atoms with Crippen LogP contribution in [0.25, 0.3) is 10.9 Å². The number of nitrogens with one attached hydrogen (secondary N) is 1. The Morgan fingerprint density at radius 3 is 2.71 bits per heavy atom. The molecule has 0 atom stereocenters. The average Bonchev–Trinajstić information content (AvgIpc) is 2.29. The highest BCUT2D eigenvalue weighted by atomic mass is 19.1. The fourth-order valence-corrected chi connectivity index (χ4v) is 1.78. The lowest BCUT2D eigenvalue weighted by molar-refractivity contribution is 0.322. The highest BCUT2D eigenvalue weighted by Crippen LogP contribution is 2.22. The van der Waals surface area contributed by atoms with Gasteiger partial charge in [0.05, 0.1) is 12.1 Å². The van der Waals surface area contributed by atoms with Gasteiger partial charge in [0.25, 0.3) is 0 Å². The molecular formula is C13H14FNO2. The summed E-state index contributed by atoms with van der Waals surface area (Å²) in [5.74, 6) is -0.341. The Morgan fingerprint density at radius 1 is 1.35 bits per heavy atom. The van der Waals surface area contributed by atoms with Crippen molar-refractivity contribution < 1.29 is 9.13 Å². The van der Waals surface area contributed by atoms with Crippen LogP contribution in [0.3, 0.4) is 0 Å². The van der Waals surface area contributed by atoms with Gasteiger partial charge in [-0.05, 0) is 26.8 Å². The minimum Gasteiger partial charge on any atom is -0.491 e.